The minimum absolute atomic E-state index is 0.432. The second-order valence-corrected chi connectivity index (χ2v) is 1.34. The van der Waals surface area contributed by atoms with Crippen LogP contribution in [0.25, 0.3) is 0 Å². The van der Waals surface area contributed by atoms with Crippen molar-refractivity contribution in [3.8, 4) is 0 Å². The molecule has 1 atom stereocenters. The van der Waals surface area contributed by atoms with Crippen molar-refractivity contribution in [1.29, 1.82) is 0 Å². The molecule has 0 aromatic heterocycles. The second-order valence-electron chi connectivity index (χ2n) is 1.34. The lowest BCUT2D eigenvalue weighted by Crippen LogP contribution is -2.18. The fourth-order valence-electron chi connectivity index (χ4n) is 0.407. The van der Waals surface area contributed by atoms with Crippen molar-refractivity contribution in [2.75, 3.05) is 6.61 Å². The fraction of sp³-hybridized carbons (Fsp3) is 0.500. The third-order valence-corrected chi connectivity index (χ3v) is 0.691. The average Bonchev–Trinajstić information content (AvgIpc) is 1.87. The predicted octanol–water partition coefficient (Wildman–Crippen LogP) is -0.211. The number of nitrogens with two attached hydrogens (primary N) is 1. The Morgan fingerprint density at radius 1 is 1.86 bits per heavy atom. The highest BCUT2D eigenvalue weighted by Gasteiger charge is 2.12. The molecular weight excluding hydrogens is 94.0 g/mol. The highest BCUT2D eigenvalue weighted by molar-refractivity contribution is 4.85. The molecule has 1 saturated heterocycles. The number of rotatable bonds is 0. The van der Waals surface area contributed by atoms with Crippen LogP contribution in [0.4, 0.5) is 0 Å². The summed E-state index contributed by atoms with van der Waals surface area (Å²) in [6.45, 7) is 3.91. The molecule has 7 heavy (non-hydrogen) atoms. The van der Waals surface area contributed by atoms with Gasteiger partial charge in [0.15, 0.2) is 0 Å². The highest BCUT2D eigenvalue weighted by Crippen LogP contribution is 2.06. The summed E-state index contributed by atoms with van der Waals surface area (Å²) in [6.07, 6.45) is -0.576. The zero-order valence-electron chi connectivity index (χ0n) is 3.89. The molecule has 0 aliphatic carbocycles. The van der Waals surface area contributed by atoms with E-state index in [-0.39, 0.29) is 0 Å². The van der Waals surface area contributed by atoms with Crippen molar-refractivity contribution >= 4 is 0 Å². The maximum Gasteiger partial charge on any atom is 0.257 e. The van der Waals surface area contributed by atoms with Gasteiger partial charge < -0.3 is 9.47 Å². The summed E-state index contributed by atoms with van der Waals surface area (Å²) in [7, 11) is 0. The molecule has 1 unspecified atom stereocenters. The van der Waals surface area contributed by atoms with Crippen LogP contribution in [-0.4, -0.2) is 13.0 Å². The number of ether oxygens (including phenoxy) is 2. The molecule has 0 saturated carbocycles. The predicted molar refractivity (Wildman–Crippen MR) is 24.2 cm³/mol. The molecule has 1 aliphatic heterocycles. The molecule has 0 aromatic rings. The lowest BCUT2D eigenvalue weighted by Gasteiger charge is -1.97. The summed E-state index contributed by atoms with van der Waals surface area (Å²) in [5, 5.41) is 0. The van der Waals surface area contributed by atoms with Gasteiger partial charge in [0.05, 0.1) is 0 Å². The van der Waals surface area contributed by atoms with Crippen molar-refractivity contribution in [3.63, 3.8) is 0 Å². The van der Waals surface area contributed by atoms with Gasteiger partial charge in [-0.2, -0.15) is 0 Å². The second kappa shape index (κ2) is 1.52. The van der Waals surface area contributed by atoms with Crippen LogP contribution in [0, 0.1) is 0 Å². The average molecular weight is 101 g/mol. The normalized spacial score (nSPS) is 30.4. The largest absolute Gasteiger partial charge is 0.454 e. The lowest BCUT2D eigenvalue weighted by molar-refractivity contribution is -0.0254. The number of hydrogen-bond acceptors (Lipinski definition) is 3. The molecule has 0 spiro atoms. The van der Waals surface area contributed by atoms with Crippen molar-refractivity contribution in [1.82, 2.24) is 0 Å². The van der Waals surface area contributed by atoms with Gasteiger partial charge in [-0.25, -0.2) is 0 Å². The topological polar surface area (TPSA) is 44.5 Å². The highest BCUT2D eigenvalue weighted by atomic mass is 16.7. The van der Waals surface area contributed by atoms with E-state index in [0.29, 0.717) is 12.4 Å². The van der Waals surface area contributed by atoms with E-state index in [1.54, 1.807) is 0 Å². The summed E-state index contributed by atoms with van der Waals surface area (Å²) < 4.78 is 9.44. The van der Waals surface area contributed by atoms with E-state index in [4.69, 9.17) is 15.2 Å². The van der Waals surface area contributed by atoms with E-state index in [2.05, 4.69) is 6.58 Å². The van der Waals surface area contributed by atoms with Gasteiger partial charge in [0, 0.05) is 0 Å². The molecule has 0 amide bonds. The van der Waals surface area contributed by atoms with Gasteiger partial charge in [-0.15, -0.1) is 0 Å². The molecule has 3 heteroatoms. The van der Waals surface area contributed by atoms with Crippen LogP contribution >= 0.6 is 0 Å². The Balaban J connectivity index is 2.40. The Labute approximate surface area is 41.7 Å². The molecule has 1 rings (SSSR count). The lowest BCUT2D eigenvalue weighted by atomic mass is 10.6. The molecule has 0 bridgehead atoms. The van der Waals surface area contributed by atoms with Crippen LogP contribution in [0.15, 0.2) is 12.3 Å². The Morgan fingerprint density at radius 2 is 2.57 bits per heavy atom. The van der Waals surface area contributed by atoms with Crippen LogP contribution in [0.1, 0.15) is 0 Å². The SMILES string of the molecule is C=C1COC(N)O1. The zero-order valence-corrected chi connectivity index (χ0v) is 3.89. The molecule has 1 aliphatic rings. The third kappa shape index (κ3) is 0.913. The minimum Gasteiger partial charge on any atom is -0.454 e. The molecular formula is C4H7NO2. The molecule has 3 nitrogen and oxygen atoms in total. The molecule has 2 N–H and O–H groups in total. The molecule has 40 valence electrons. The maximum absolute atomic E-state index is 5.12. The van der Waals surface area contributed by atoms with Crippen LogP contribution in [0.2, 0.25) is 0 Å². The molecule has 1 heterocycles. The molecule has 1 fully saturated rings. The standard InChI is InChI=1S/C4H7NO2/c1-3-2-6-4(5)7-3/h4H,1-2,5H2. The Morgan fingerprint density at radius 3 is 2.71 bits per heavy atom. The van der Waals surface area contributed by atoms with Gasteiger partial charge >= 0.3 is 0 Å². The fourth-order valence-corrected chi connectivity index (χ4v) is 0.407. The van der Waals surface area contributed by atoms with Crippen LogP contribution in [-0.2, 0) is 9.47 Å². The van der Waals surface area contributed by atoms with Gasteiger partial charge in [0.2, 0.25) is 0 Å². The Kier molecular flexibility index (Phi) is 1.00. The summed E-state index contributed by atoms with van der Waals surface area (Å²) in [4.78, 5) is 0. The molecule has 0 radical (unpaired) electrons. The van der Waals surface area contributed by atoms with E-state index in [1.165, 1.54) is 0 Å². The smallest absolute Gasteiger partial charge is 0.257 e. The van der Waals surface area contributed by atoms with Crippen LogP contribution in [0.3, 0.4) is 0 Å². The van der Waals surface area contributed by atoms with Gasteiger partial charge in [0.25, 0.3) is 6.41 Å². The van der Waals surface area contributed by atoms with E-state index in [9.17, 15) is 0 Å². The van der Waals surface area contributed by atoms with Gasteiger partial charge in [-0.1, -0.05) is 6.58 Å². The quantitative estimate of drug-likeness (QED) is 0.459. The van der Waals surface area contributed by atoms with Crippen molar-refractivity contribution in [2.45, 2.75) is 6.41 Å². The summed E-state index contributed by atoms with van der Waals surface area (Å²) in [5.41, 5.74) is 5.12. The first-order valence-electron chi connectivity index (χ1n) is 2.00. The van der Waals surface area contributed by atoms with Gasteiger partial charge in [0.1, 0.15) is 12.4 Å². The Bertz CT molecular complexity index is 91.7. The summed E-state index contributed by atoms with van der Waals surface area (Å²) >= 11 is 0. The van der Waals surface area contributed by atoms with Crippen LogP contribution in [0.5, 0.6) is 0 Å². The maximum atomic E-state index is 5.12. The van der Waals surface area contributed by atoms with Gasteiger partial charge in [-0.3, -0.25) is 5.73 Å². The first-order valence-corrected chi connectivity index (χ1v) is 2.00. The van der Waals surface area contributed by atoms with E-state index < -0.39 is 6.41 Å². The molecule has 0 aromatic carbocycles. The van der Waals surface area contributed by atoms with Crippen molar-refractivity contribution in [2.24, 2.45) is 5.73 Å². The van der Waals surface area contributed by atoms with E-state index in [1.807, 2.05) is 0 Å². The van der Waals surface area contributed by atoms with Crippen LogP contribution < -0.4 is 5.73 Å². The third-order valence-electron chi connectivity index (χ3n) is 0.691. The summed E-state index contributed by atoms with van der Waals surface area (Å²) in [5.74, 6) is 0.604. The van der Waals surface area contributed by atoms with Crippen molar-refractivity contribution < 1.29 is 9.47 Å². The first kappa shape index (κ1) is 4.61. The monoisotopic (exact) mass is 101 g/mol. The van der Waals surface area contributed by atoms with Gasteiger partial charge in [-0.05, 0) is 0 Å². The van der Waals surface area contributed by atoms with Crippen molar-refractivity contribution in [3.05, 3.63) is 12.3 Å². The number of hydrogen-bond donors (Lipinski definition) is 1. The zero-order chi connectivity index (χ0) is 5.28. The summed E-state index contributed by atoms with van der Waals surface area (Å²) in [6, 6.07) is 0. The Hall–Kier alpha value is -0.540. The van der Waals surface area contributed by atoms with E-state index in [0.717, 1.165) is 0 Å². The minimum atomic E-state index is -0.576. The van der Waals surface area contributed by atoms with E-state index >= 15 is 0 Å². The first-order chi connectivity index (χ1) is 3.29.